The molecular weight excluding hydrogens is 412 g/mol. The summed E-state index contributed by atoms with van der Waals surface area (Å²) >= 11 is 1.60. The summed E-state index contributed by atoms with van der Waals surface area (Å²) in [6.07, 6.45) is 0. The van der Waals surface area contributed by atoms with Crippen LogP contribution in [-0.4, -0.2) is 54.5 Å². The maximum absolute atomic E-state index is 12.6. The number of aryl methyl sites for hydroxylation is 1. The molecule has 0 radical (unpaired) electrons. The fraction of sp³-hybridized carbons (Fsp3) is 0.261. The molecule has 7 nitrogen and oxygen atoms in total. The van der Waals surface area contributed by atoms with Gasteiger partial charge in [-0.05, 0) is 37.3 Å². The molecule has 0 unspecified atom stereocenters. The van der Waals surface area contributed by atoms with Crippen LogP contribution in [0, 0.1) is 6.92 Å². The number of benzene rings is 2. The highest BCUT2D eigenvalue weighted by Gasteiger charge is 2.18. The highest BCUT2D eigenvalue weighted by Crippen LogP contribution is 2.24. The average Bonchev–Trinajstić information content (AvgIpc) is 3.24. The number of rotatable bonds is 6. The maximum atomic E-state index is 12.6. The third kappa shape index (κ3) is 5.48. The van der Waals surface area contributed by atoms with E-state index >= 15 is 0 Å². The Hall–Kier alpha value is -3.23. The standard InChI is InChI=1S/C23H24N4O3S/c1-16-25-21(15-31-16)17-4-2-7-20(12-17)26-22(28)14-24-19-6-3-5-18(13-19)23(29)27-8-10-30-11-9-27/h2-7,12-13,15,24H,8-11,14H2,1H3,(H,26,28). The van der Waals surface area contributed by atoms with E-state index in [4.69, 9.17) is 4.74 Å². The number of nitrogens with zero attached hydrogens (tertiary/aromatic N) is 2. The molecule has 8 heteroatoms. The Bertz CT molecular complexity index is 1080. The molecular formula is C23H24N4O3S. The van der Waals surface area contributed by atoms with Gasteiger partial charge in [0, 0.05) is 41.0 Å². The van der Waals surface area contributed by atoms with Gasteiger partial charge < -0.3 is 20.3 Å². The number of hydrogen-bond donors (Lipinski definition) is 2. The summed E-state index contributed by atoms with van der Waals surface area (Å²) in [5, 5.41) is 9.00. The zero-order chi connectivity index (χ0) is 21.6. The largest absolute Gasteiger partial charge is 0.378 e. The van der Waals surface area contributed by atoms with Crippen LogP contribution in [0.4, 0.5) is 11.4 Å². The first-order valence-electron chi connectivity index (χ1n) is 10.1. The lowest BCUT2D eigenvalue weighted by molar-refractivity contribution is -0.114. The number of amides is 2. The Morgan fingerprint density at radius 2 is 1.87 bits per heavy atom. The van der Waals surface area contributed by atoms with E-state index in [1.54, 1.807) is 28.4 Å². The van der Waals surface area contributed by atoms with E-state index in [1.807, 2.05) is 48.7 Å². The molecule has 1 aliphatic heterocycles. The van der Waals surface area contributed by atoms with Crippen LogP contribution >= 0.6 is 11.3 Å². The normalized spacial score (nSPS) is 13.6. The summed E-state index contributed by atoms with van der Waals surface area (Å²) in [6.45, 7) is 4.38. The van der Waals surface area contributed by atoms with Crippen LogP contribution in [0.2, 0.25) is 0 Å². The van der Waals surface area contributed by atoms with Crippen LogP contribution in [-0.2, 0) is 9.53 Å². The number of nitrogens with one attached hydrogen (secondary N) is 2. The Kier molecular flexibility index (Phi) is 6.59. The minimum absolute atomic E-state index is 0.0227. The summed E-state index contributed by atoms with van der Waals surface area (Å²) in [5.74, 6) is -0.193. The Labute approximate surface area is 185 Å². The Balaban J connectivity index is 1.34. The topological polar surface area (TPSA) is 83.6 Å². The van der Waals surface area contributed by atoms with Crippen LogP contribution in [0.1, 0.15) is 15.4 Å². The summed E-state index contributed by atoms with van der Waals surface area (Å²) in [4.78, 5) is 31.3. The van der Waals surface area contributed by atoms with Crippen LogP contribution in [0.25, 0.3) is 11.3 Å². The second kappa shape index (κ2) is 9.72. The molecule has 2 amide bonds. The molecule has 4 rings (SSSR count). The van der Waals surface area contributed by atoms with Crippen molar-refractivity contribution in [3.8, 4) is 11.3 Å². The first-order chi connectivity index (χ1) is 15.1. The number of thiazole rings is 1. The third-order valence-corrected chi connectivity index (χ3v) is 5.70. The van der Waals surface area contributed by atoms with Gasteiger partial charge in [-0.2, -0.15) is 0 Å². The lowest BCUT2D eigenvalue weighted by atomic mass is 10.1. The number of carbonyl (C=O) groups is 2. The van der Waals surface area contributed by atoms with Crippen molar-refractivity contribution in [2.75, 3.05) is 43.5 Å². The molecule has 3 aromatic rings. The van der Waals surface area contributed by atoms with E-state index in [0.29, 0.717) is 37.6 Å². The van der Waals surface area contributed by atoms with Crippen LogP contribution in [0.15, 0.2) is 53.9 Å². The van der Waals surface area contributed by atoms with Gasteiger partial charge in [0.05, 0.1) is 30.5 Å². The lowest BCUT2D eigenvalue weighted by Gasteiger charge is -2.27. The number of carbonyl (C=O) groups excluding carboxylic acids is 2. The summed E-state index contributed by atoms with van der Waals surface area (Å²) in [6, 6.07) is 14.8. The van der Waals surface area contributed by atoms with Gasteiger partial charge >= 0.3 is 0 Å². The summed E-state index contributed by atoms with van der Waals surface area (Å²) in [5.41, 5.74) is 3.90. The van der Waals surface area contributed by atoms with Crippen molar-refractivity contribution < 1.29 is 14.3 Å². The summed E-state index contributed by atoms with van der Waals surface area (Å²) in [7, 11) is 0. The molecule has 2 heterocycles. The van der Waals surface area contributed by atoms with Crippen molar-refractivity contribution in [1.29, 1.82) is 0 Å². The molecule has 0 saturated carbocycles. The highest BCUT2D eigenvalue weighted by atomic mass is 32.1. The first-order valence-corrected chi connectivity index (χ1v) is 11.0. The van der Waals surface area contributed by atoms with Crippen LogP contribution in [0.3, 0.4) is 0 Å². The lowest BCUT2D eigenvalue weighted by Crippen LogP contribution is -2.40. The number of morpholine rings is 1. The van der Waals surface area contributed by atoms with Crippen molar-refractivity contribution in [1.82, 2.24) is 9.88 Å². The highest BCUT2D eigenvalue weighted by molar-refractivity contribution is 7.09. The van der Waals surface area contributed by atoms with Crippen molar-refractivity contribution in [2.24, 2.45) is 0 Å². The molecule has 1 aliphatic rings. The average molecular weight is 437 g/mol. The van der Waals surface area contributed by atoms with Crippen LogP contribution in [0.5, 0.6) is 0 Å². The molecule has 1 aromatic heterocycles. The minimum atomic E-state index is -0.170. The predicted octanol–water partition coefficient (Wildman–Crippen LogP) is 3.64. The Morgan fingerprint density at radius 1 is 1.10 bits per heavy atom. The molecule has 2 aromatic carbocycles. The molecule has 0 atom stereocenters. The van der Waals surface area contributed by atoms with E-state index in [-0.39, 0.29) is 18.4 Å². The second-order valence-corrected chi connectivity index (χ2v) is 8.28. The van der Waals surface area contributed by atoms with Crippen molar-refractivity contribution in [3.05, 3.63) is 64.5 Å². The molecule has 0 spiro atoms. The van der Waals surface area contributed by atoms with Gasteiger partial charge in [0.25, 0.3) is 5.91 Å². The molecule has 0 bridgehead atoms. The van der Waals surface area contributed by atoms with Crippen molar-refractivity contribution in [2.45, 2.75) is 6.92 Å². The number of anilines is 2. The molecule has 31 heavy (non-hydrogen) atoms. The fourth-order valence-electron chi connectivity index (χ4n) is 3.35. The fourth-order valence-corrected chi connectivity index (χ4v) is 3.97. The van der Waals surface area contributed by atoms with Gasteiger partial charge in [0.1, 0.15) is 0 Å². The third-order valence-electron chi connectivity index (χ3n) is 4.92. The molecule has 1 fully saturated rings. The van der Waals surface area contributed by atoms with Gasteiger partial charge in [0.2, 0.25) is 5.91 Å². The van der Waals surface area contributed by atoms with E-state index in [1.165, 1.54) is 0 Å². The van der Waals surface area contributed by atoms with E-state index in [9.17, 15) is 9.59 Å². The molecule has 2 N–H and O–H groups in total. The Morgan fingerprint density at radius 3 is 2.65 bits per heavy atom. The molecule has 0 aliphatic carbocycles. The zero-order valence-corrected chi connectivity index (χ0v) is 18.1. The number of hydrogen-bond acceptors (Lipinski definition) is 6. The smallest absolute Gasteiger partial charge is 0.254 e. The van der Waals surface area contributed by atoms with Gasteiger partial charge in [-0.3, -0.25) is 9.59 Å². The van der Waals surface area contributed by atoms with E-state index < -0.39 is 0 Å². The van der Waals surface area contributed by atoms with Crippen molar-refractivity contribution >= 4 is 34.5 Å². The van der Waals surface area contributed by atoms with E-state index in [0.717, 1.165) is 22.0 Å². The van der Waals surface area contributed by atoms with E-state index in [2.05, 4.69) is 15.6 Å². The zero-order valence-electron chi connectivity index (χ0n) is 17.3. The SMILES string of the molecule is Cc1nc(-c2cccc(NC(=O)CNc3cccc(C(=O)N4CCOCC4)c3)c2)cs1. The minimum Gasteiger partial charge on any atom is -0.378 e. The number of ether oxygens (including phenoxy) is 1. The first kappa shape index (κ1) is 21.0. The number of aromatic nitrogens is 1. The van der Waals surface area contributed by atoms with Gasteiger partial charge in [-0.25, -0.2) is 4.98 Å². The molecule has 1 saturated heterocycles. The molecule has 160 valence electrons. The monoisotopic (exact) mass is 436 g/mol. The summed E-state index contributed by atoms with van der Waals surface area (Å²) < 4.78 is 5.30. The van der Waals surface area contributed by atoms with Crippen LogP contribution < -0.4 is 10.6 Å². The maximum Gasteiger partial charge on any atom is 0.254 e. The van der Waals surface area contributed by atoms with Crippen molar-refractivity contribution in [3.63, 3.8) is 0 Å². The second-order valence-electron chi connectivity index (χ2n) is 7.22. The van der Waals surface area contributed by atoms with Gasteiger partial charge in [-0.1, -0.05) is 18.2 Å². The van der Waals surface area contributed by atoms with Gasteiger partial charge in [-0.15, -0.1) is 11.3 Å². The van der Waals surface area contributed by atoms with Gasteiger partial charge in [0.15, 0.2) is 0 Å². The predicted molar refractivity (Wildman–Crippen MR) is 123 cm³/mol. The quantitative estimate of drug-likeness (QED) is 0.616.